The normalized spacial score (nSPS) is 12.4. The molecule has 1 atom stereocenters. The van der Waals surface area contributed by atoms with E-state index in [9.17, 15) is 9.18 Å². The van der Waals surface area contributed by atoms with Gasteiger partial charge in [0.25, 0.3) is 0 Å². The molecule has 0 saturated heterocycles. The Morgan fingerprint density at radius 2 is 2.00 bits per heavy atom. The second-order valence-electron chi connectivity index (χ2n) is 4.37. The van der Waals surface area contributed by atoms with Gasteiger partial charge in [-0.2, -0.15) is 11.8 Å². The van der Waals surface area contributed by atoms with Crippen molar-refractivity contribution in [1.82, 2.24) is 0 Å². The summed E-state index contributed by atoms with van der Waals surface area (Å²) in [6.07, 6.45) is 1.56. The first-order valence-electron chi connectivity index (χ1n) is 5.95. The van der Waals surface area contributed by atoms with Gasteiger partial charge in [0.15, 0.2) is 0 Å². The molecule has 0 aliphatic carbocycles. The third-order valence-electron chi connectivity index (χ3n) is 2.68. The number of carbonyl (C=O) groups is 1. The zero-order valence-corrected chi connectivity index (χ0v) is 11.2. The molecule has 0 radical (unpaired) electrons. The second kappa shape index (κ2) is 7.49. The second-order valence-corrected chi connectivity index (χ2v) is 5.40. The molecule has 0 aliphatic rings. The Bertz CT molecular complexity index is 348. The number of thioether (sulfide) groups is 1. The lowest BCUT2D eigenvalue weighted by Crippen LogP contribution is -2.07. The molecule has 17 heavy (non-hydrogen) atoms. The molecule has 1 aromatic rings. The quantitative estimate of drug-likeness (QED) is 0.737. The first-order valence-corrected chi connectivity index (χ1v) is 7.11. The first-order chi connectivity index (χ1) is 8.11. The fourth-order valence-corrected chi connectivity index (χ4v) is 2.46. The van der Waals surface area contributed by atoms with Crippen LogP contribution in [-0.2, 0) is 11.2 Å². The van der Waals surface area contributed by atoms with Crippen LogP contribution in [0.5, 0.6) is 0 Å². The Morgan fingerprint density at radius 1 is 1.35 bits per heavy atom. The monoisotopic (exact) mass is 254 g/mol. The molecular formula is C14H19FOS. The zero-order chi connectivity index (χ0) is 12.7. The van der Waals surface area contributed by atoms with Crippen molar-refractivity contribution in [1.29, 1.82) is 0 Å². The fourth-order valence-electron chi connectivity index (χ4n) is 1.37. The molecule has 0 heterocycles. The fraction of sp³-hybridized carbons (Fsp3) is 0.500. The third kappa shape index (κ3) is 5.87. The van der Waals surface area contributed by atoms with E-state index in [1.165, 1.54) is 12.1 Å². The number of hydrogen-bond acceptors (Lipinski definition) is 2. The molecule has 94 valence electrons. The van der Waals surface area contributed by atoms with Gasteiger partial charge < -0.3 is 0 Å². The largest absolute Gasteiger partial charge is 0.298 e. The zero-order valence-electron chi connectivity index (χ0n) is 10.4. The van der Waals surface area contributed by atoms with Gasteiger partial charge in [0.2, 0.25) is 0 Å². The molecule has 0 aliphatic heterocycles. The molecule has 1 aromatic carbocycles. The van der Waals surface area contributed by atoms with Crippen molar-refractivity contribution < 1.29 is 9.18 Å². The van der Waals surface area contributed by atoms with Crippen molar-refractivity contribution in [3.8, 4) is 0 Å². The molecule has 1 nitrogen and oxygen atoms in total. The van der Waals surface area contributed by atoms with Crippen LogP contribution in [0.4, 0.5) is 4.39 Å². The van der Waals surface area contributed by atoms with Crippen molar-refractivity contribution in [3.63, 3.8) is 0 Å². The summed E-state index contributed by atoms with van der Waals surface area (Å²) in [4.78, 5) is 11.7. The summed E-state index contributed by atoms with van der Waals surface area (Å²) in [6.45, 7) is 4.35. The van der Waals surface area contributed by atoms with Gasteiger partial charge in [0.05, 0.1) is 5.75 Å². The highest BCUT2D eigenvalue weighted by Crippen LogP contribution is 2.12. The smallest absolute Gasteiger partial charge is 0.147 e. The van der Waals surface area contributed by atoms with Gasteiger partial charge in [-0.3, -0.25) is 4.79 Å². The predicted molar refractivity (Wildman–Crippen MR) is 71.9 cm³/mol. The van der Waals surface area contributed by atoms with E-state index >= 15 is 0 Å². The molecular weight excluding hydrogens is 235 g/mol. The Hall–Kier alpha value is -0.830. The molecule has 3 heteroatoms. The Labute approximate surface area is 107 Å². The molecule has 1 unspecified atom stereocenters. The van der Waals surface area contributed by atoms with Gasteiger partial charge in [-0.25, -0.2) is 4.39 Å². The van der Waals surface area contributed by atoms with E-state index in [0.717, 1.165) is 17.7 Å². The number of rotatable bonds is 7. The van der Waals surface area contributed by atoms with E-state index in [1.807, 2.05) is 0 Å². The van der Waals surface area contributed by atoms with E-state index in [-0.39, 0.29) is 11.6 Å². The van der Waals surface area contributed by atoms with Crippen LogP contribution >= 0.6 is 11.8 Å². The number of ketones is 1. The number of halogens is 1. The van der Waals surface area contributed by atoms with Crippen LogP contribution in [0.2, 0.25) is 0 Å². The number of carbonyl (C=O) groups excluding carboxylic acids is 1. The highest BCUT2D eigenvalue weighted by Gasteiger charge is 2.06. The van der Waals surface area contributed by atoms with Gasteiger partial charge >= 0.3 is 0 Å². The lowest BCUT2D eigenvalue weighted by molar-refractivity contribution is -0.116. The topological polar surface area (TPSA) is 17.1 Å². The van der Waals surface area contributed by atoms with Crippen LogP contribution in [-0.4, -0.2) is 17.3 Å². The average molecular weight is 254 g/mol. The maximum atomic E-state index is 12.7. The van der Waals surface area contributed by atoms with Crippen LogP contribution in [0.15, 0.2) is 24.3 Å². The number of Topliss-reactive ketones (excluding diaryl/α,β-unsaturated/α-hetero) is 1. The minimum absolute atomic E-state index is 0.213. The SMILES string of the molecule is CCC(C)CSCC(=O)Cc1ccc(F)cc1. The first kappa shape index (κ1) is 14.2. The number of benzene rings is 1. The minimum Gasteiger partial charge on any atom is -0.298 e. The van der Waals surface area contributed by atoms with E-state index in [1.54, 1.807) is 23.9 Å². The highest BCUT2D eigenvalue weighted by atomic mass is 32.2. The lowest BCUT2D eigenvalue weighted by Gasteiger charge is -2.07. The molecule has 1 rings (SSSR count). The third-order valence-corrected chi connectivity index (χ3v) is 4.01. The number of hydrogen-bond donors (Lipinski definition) is 0. The van der Waals surface area contributed by atoms with Crippen LogP contribution < -0.4 is 0 Å². The summed E-state index contributed by atoms with van der Waals surface area (Å²) in [6, 6.07) is 6.14. The van der Waals surface area contributed by atoms with E-state index in [0.29, 0.717) is 18.1 Å². The Balaban J connectivity index is 2.27. The predicted octanol–water partition coefficient (Wildman–Crippen LogP) is 3.72. The molecule has 0 amide bonds. The average Bonchev–Trinajstić information content (AvgIpc) is 2.32. The maximum Gasteiger partial charge on any atom is 0.147 e. The lowest BCUT2D eigenvalue weighted by atomic mass is 10.1. The van der Waals surface area contributed by atoms with Crippen molar-refractivity contribution in [2.75, 3.05) is 11.5 Å². The van der Waals surface area contributed by atoms with Gasteiger partial charge in [-0.15, -0.1) is 0 Å². The van der Waals surface area contributed by atoms with Crippen LogP contribution in [0.25, 0.3) is 0 Å². The molecule has 0 spiro atoms. The van der Waals surface area contributed by atoms with E-state index < -0.39 is 0 Å². The van der Waals surface area contributed by atoms with Crippen LogP contribution in [0, 0.1) is 11.7 Å². The van der Waals surface area contributed by atoms with Crippen molar-refractivity contribution in [2.45, 2.75) is 26.7 Å². The van der Waals surface area contributed by atoms with Crippen molar-refractivity contribution in [3.05, 3.63) is 35.6 Å². The van der Waals surface area contributed by atoms with Crippen molar-refractivity contribution in [2.24, 2.45) is 5.92 Å². The molecule has 0 N–H and O–H groups in total. The van der Waals surface area contributed by atoms with E-state index in [2.05, 4.69) is 13.8 Å². The summed E-state index contributed by atoms with van der Waals surface area (Å²) in [7, 11) is 0. The van der Waals surface area contributed by atoms with Gasteiger partial charge in [0, 0.05) is 6.42 Å². The van der Waals surface area contributed by atoms with E-state index in [4.69, 9.17) is 0 Å². The summed E-state index contributed by atoms with van der Waals surface area (Å²) < 4.78 is 12.7. The van der Waals surface area contributed by atoms with Gasteiger partial charge in [-0.1, -0.05) is 32.4 Å². The van der Waals surface area contributed by atoms with Crippen molar-refractivity contribution >= 4 is 17.5 Å². The summed E-state index contributed by atoms with van der Waals surface area (Å²) in [5.41, 5.74) is 0.889. The molecule has 0 saturated carbocycles. The molecule has 0 fully saturated rings. The Kier molecular flexibility index (Phi) is 6.27. The maximum absolute atomic E-state index is 12.7. The summed E-state index contributed by atoms with van der Waals surface area (Å²) in [5.74, 6) is 2.21. The van der Waals surface area contributed by atoms with Crippen LogP contribution in [0.3, 0.4) is 0 Å². The summed E-state index contributed by atoms with van der Waals surface area (Å²) >= 11 is 1.69. The summed E-state index contributed by atoms with van der Waals surface area (Å²) in [5, 5.41) is 0. The van der Waals surface area contributed by atoms with Gasteiger partial charge in [-0.05, 0) is 29.4 Å². The standard InChI is InChI=1S/C14H19FOS/c1-3-11(2)9-17-10-14(16)8-12-4-6-13(15)7-5-12/h4-7,11H,3,8-10H2,1-2H3. The minimum atomic E-state index is -0.257. The highest BCUT2D eigenvalue weighted by molar-refractivity contribution is 7.99. The van der Waals surface area contributed by atoms with Crippen LogP contribution in [0.1, 0.15) is 25.8 Å². The Morgan fingerprint density at radius 3 is 2.59 bits per heavy atom. The molecule has 0 bridgehead atoms. The van der Waals surface area contributed by atoms with Gasteiger partial charge in [0.1, 0.15) is 11.6 Å². The molecule has 0 aromatic heterocycles.